The Morgan fingerprint density at radius 2 is 1.78 bits per heavy atom. The summed E-state index contributed by atoms with van der Waals surface area (Å²) >= 11 is 1.63. The van der Waals surface area contributed by atoms with Gasteiger partial charge >= 0.3 is 5.69 Å². The van der Waals surface area contributed by atoms with E-state index in [1.165, 1.54) is 17.7 Å². The van der Waals surface area contributed by atoms with E-state index in [1.807, 2.05) is 36.4 Å². The third-order valence-electron chi connectivity index (χ3n) is 5.50. The minimum Gasteiger partial charge on any atom is -0.479 e. The van der Waals surface area contributed by atoms with Crippen LogP contribution in [-0.2, 0) is 6.61 Å². The van der Waals surface area contributed by atoms with Gasteiger partial charge in [-0.3, -0.25) is 14.9 Å². The third kappa shape index (κ3) is 4.96. The van der Waals surface area contributed by atoms with Gasteiger partial charge in [0.1, 0.15) is 17.4 Å². The Labute approximate surface area is 210 Å². The standard InChI is InChI=1S/C27H21N3O5S/c1-16-4-11-23(22(13-16)30(32)33)34-15-20-9-12-24(35-20)26(31)28-19-7-5-18(6-8-19)27-29-21-10-3-17(2)14-25(21)36-27/h3-14H,15H2,1-2H3,(H,28,31). The zero-order valence-corrected chi connectivity index (χ0v) is 20.3. The maximum absolute atomic E-state index is 12.6. The van der Waals surface area contributed by atoms with Crippen LogP contribution in [0.4, 0.5) is 11.4 Å². The first kappa shape index (κ1) is 23.3. The number of hydrogen-bond acceptors (Lipinski definition) is 7. The number of carbonyl (C=O) groups is 1. The minimum absolute atomic E-state index is 0.0480. The minimum atomic E-state index is -0.494. The molecule has 0 aliphatic heterocycles. The highest BCUT2D eigenvalue weighted by atomic mass is 32.1. The zero-order valence-electron chi connectivity index (χ0n) is 19.5. The quantitative estimate of drug-likeness (QED) is 0.192. The van der Waals surface area contributed by atoms with E-state index in [1.54, 1.807) is 36.5 Å². The second kappa shape index (κ2) is 9.63. The van der Waals surface area contributed by atoms with Crippen molar-refractivity contribution in [3.63, 3.8) is 0 Å². The van der Waals surface area contributed by atoms with E-state index in [9.17, 15) is 14.9 Å². The number of benzene rings is 3. The molecule has 9 heteroatoms. The van der Waals surface area contributed by atoms with Crippen LogP contribution in [0.3, 0.4) is 0 Å². The summed E-state index contributed by atoms with van der Waals surface area (Å²) in [4.78, 5) is 28.1. The predicted octanol–water partition coefficient (Wildman–Crippen LogP) is 6.91. The second-order valence-corrected chi connectivity index (χ2v) is 9.34. The number of hydrogen-bond donors (Lipinski definition) is 1. The lowest BCUT2D eigenvalue weighted by atomic mass is 10.2. The fourth-order valence-electron chi connectivity index (χ4n) is 3.66. The number of anilines is 1. The average Bonchev–Trinajstić information content (AvgIpc) is 3.50. The molecule has 0 atom stereocenters. The van der Waals surface area contributed by atoms with Crippen molar-refractivity contribution < 1.29 is 18.9 Å². The smallest absolute Gasteiger partial charge is 0.311 e. The Kier molecular flexibility index (Phi) is 6.22. The molecule has 1 amide bonds. The number of aryl methyl sites for hydroxylation is 2. The summed E-state index contributed by atoms with van der Waals surface area (Å²) in [6, 6.07) is 21.5. The van der Waals surface area contributed by atoms with Gasteiger partial charge in [0.25, 0.3) is 5.91 Å². The Hall–Kier alpha value is -4.50. The molecule has 180 valence electrons. The summed E-state index contributed by atoms with van der Waals surface area (Å²) in [5.41, 5.74) is 4.38. The molecule has 0 aliphatic rings. The fourth-order valence-corrected chi connectivity index (χ4v) is 4.73. The van der Waals surface area contributed by atoms with Crippen LogP contribution in [0.15, 0.2) is 77.2 Å². The van der Waals surface area contributed by atoms with E-state index in [4.69, 9.17) is 14.1 Å². The third-order valence-corrected chi connectivity index (χ3v) is 6.57. The number of nitro groups is 1. The summed E-state index contributed by atoms with van der Waals surface area (Å²) in [6.07, 6.45) is 0. The summed E-state index contributed by atoms with van der Waals surface area (Å²) in [6.45, 7) is 3.78. The van der Waals surface area contributed by atoms with Crippen LogP contribution >= 0.6 is 11.3 Å². The highest BCUT2D eigenvalue weighted by Crippen LogP contribution is 2.32. The first-order valence-electron chi connectivity index (χ1n) is 11.1. The zero-order chi connectivity index (χ0) is 25.2. The number of nitrogens with zero attached hydrogens (tertiary/aromatic N) is 2. The number of carbonyl (C=O) groups excluding carboxylic acids is 1. The molecule has 0 spiro atoms. The lowest BCUT2D eigenvalue weighted by Gasteiger charge is -2.06. The van der Waals surface area contributed by atoms with Crippen molar-refractivity contribution in [1.82, 2.24) is 4.98 Å². The summed E-state index contributed by atoms with van der Waals surface area (Å²) in [5, 5.41) is 15.0. The number of rotatable bonds is 7. The van der Waals surface area contributed by atoms with Crippen LogP contribution in [0.25, 0.3) is 20.8 Å². The molecule has 0 unspecified atom stereocenters. The van der Waals surface area contributed by atoms with Crippen molar-refractivity contribution in [3.05, 3.63) is 106 Å². The maximum Gasteiger partial charge on any atom is 0.311 e. The van der Waals surface area contributed by atoms with Gasteiger partial charge in [-0.15, -0.1) is 11.3 Å². The van der Waals surface area contributed by atoms with Crippen molar-refractivity contribution in [2.75, 3.05) is 5.32 Å². The molecule has 1 N–H and O–H groups in total. The highest BCUT2D eigenvalue weighted by molar-refractivity contribution is 7.21. The van der Waals surface area contributed by atoms with Gasteiger partial charge in [0.05, 0.1) is 15.1 Å². The van der Waals surface area contributed by atoms with Gasteiger partial charge < -0.3 is 14.5 Å². The van der Waals surface area contributed by atoms with Crippen LogP contribution in [0.5, 0.6) is 5.75 Å². The van der Waals surface area contributed by atoms with Crippen molar-refractivity contribution >= 4 is 38.8 Å². The molecule has 5 rings (SSSR count). The van der Waals surface area contributed by atoms with Gasteiger partial charge in [0.2, 0.25) is 0 Å². The van der Waals surface area contributed by atoms with Crippen LogP contribution in [0.1, 0.15) is 27.4 Å². The van der Waals surface area contributed by atoms with Crippen LogP contribution < -0.4 is 10.1 Å². The normalized spacial score (nSPS) is 10.9. The molecule has 8 nitrogen and oxygen atoms in total. The maximum atomic E-state index is 12.6. The molecular weight excluding hydrogens is 478 g/mol. The topological polar surface area (TPSA) is 108 Å². The molecule has 3 aromatic carbocycles. The van der Waals surface area contributed by atoms with Gasteiger partial charge in [0, 0.05) is 17.3 Å². The predicted molar refractivity (Wildman–Crippen MR) is 139 cm³/mol. The number of thiazole rings is 1. The van der Waals surface area contributed by atoms with E-state index >= 15 is 0 Å². The van der Waals surface area contributed by atoms with Crippen molar-refractivity contribution in [3.8, 4) is 16.3 Å². The largest absolute Gasteiger partial charge is 0.479 e. The Balaban J connectivity index is 1.23. The van der Waals surface area contributed by atoms with Crippen LogP contribution in [-0.4, -0.2) is 15.8 Å². The number of fused-ring (bicyclic) bond motifs is 1. The van der Waals surface area contributed by atoms with E-state index in [0.29, 0.717) is 11.4 Å². The number of nitro benzene ring substituents is 1. The van der Waals surface area contributed by atoms with Crippen molar-refractivity contribution in [2.45, 2.75) is 20.5 Å². The first-order valence-corrected chi connectivity index (χ1v) is 11.9. The van der Waals surface area contributed by atoms with Gasteiger partial charge in [-0.1, -0.05) is 12.1 Å². The monoisotopic (exact) mass is 499 g/mol. The van der Waals surface area contributed by atoms with E-state index in [2.05, 4.69) is 18.3 Å². The van der Waals surface area contributed by atoms with Gasteiger partial charge in [-0.25, -0.2) is 4.98 Å². The molecule has 2 aromatic heterocycles. The number of furan rings is 1. The van der Waals surface area contributed by atoms with E-state index in [0.717, 1.165) is 26.4 Å². The molecule has 0 saturated carbocycles. The molecule has 5 aromatic rings. The van der Waals surface area contributed by atoms with Crippen LogP contribution in [0, 0.1) is 24.0 Å². The molecule has 0 saturated heterocycles. The summed E-state index contributed by atoms with van der Waals surface area (Å²) in [7, 11) is 0. The number of aromatic nitrogens is 1. The molecule has 36 heavy (non-hydrogen) atoms. The van der Waals surface area contributed by atoms with Gasteiger partial charge in [-0.05, 0) is 79.6 Å². The Bertz CT molecular complexity index is 1590. The van der Waals surface area contributed by atoms with Crippen molar-refractivity contribution in [1.29, 1.82) is 0 Å². The first-order chi connectivity index (χ1) is 17.4. The molecule has 0 fully saturated rings. The van der Waals surface area contributed by atoms with Crippen LogP contribution in [0.2, 0.25) is 0 Å². The van der Waals surface area contributed by atoms with E-state index < -0.39 is 10.8 Å². The Morgan fingerprint density at radius 1 is 1.03 bits per heavy atom. The van der Waals surface area contributed by atoms with Gasteiger partial charge in [0.15, 0.2) is 11.5 Å². The molecule has 0 bridgehead atoms. The second-order valence-electron chi connectivity index (χ2n) is 8.30. The van der Waals surface area contributed by atoms with E-state index in [-0.39, 0.29) is 23.8 Å². The lowest BCUT2D eigenvalue weighted by molar-refractivity contribution is -0.386. The average molecular weight is 500 g/mol. The number of amides is 1. The molecule has 0 radical (unpaired) electrons. The van der Waals surface area contributed by atoms with Gasteiger partial charge in [-0.2, -0.15) is 0 Å². The summed E-state index contributed by atoms with van der Waals surface area (Å²) in [5.74, 6) is 0.205. The lowest BCUT2D eigenvalue weighted by Crippen LogP contribution is -2.10. The molecule has 0 aliphatic carbocycles. The highest BCUT2D eigenvalue weighted by Gasteiger charge is 2.17. The Morgan fingerprint density at radius 3 is 2.56 bits per heavy atom. The fraction of sp³-hybridized carbons (Fsp3) is 0.111. The SMILES string of the molecule is Cc1ccc(OCc2ccc(C(=O)Nc3ccc(-c4nc5ccc(C)cc5s4)cc3)o2)c([N+](=O)[O-])c1. The molecule has 2 heterocycles. The molecular formula is C27H21N3O5S. The number of ether oxygens (including phenoxy) is 1. The number of nitrogens with one attached hydrogen (secondary N) is 1. The summed E-state index contributed by atoms with van der Waals surface area (Å²) < 4.78 is 12.3. The van der Waals surface area contributed by atoms with Crippen molar-refractivity contribution in [2.24, 2.45) is 0 Å².